The summed E-state index contributed by atoms with van der Waals surface area (Å²) in [5.74, 6) is -1.84. The van der Waals surface area contributed by atoms with Gasteiger partial charge in [0.1, 0.15) is 11.8 Å². The van der Waals surface area contributed by atoms with Crippen LogP contribution in [0.2, 0.25) is 0 Å². The van der Waals surface area contributed by atoms with E-state index < -0.39 is 17.4 Å². The van der Waals surface area contributed by atoms with E-state index in [-0.39, 0.29) is 18.1 Å². The molecule has 15 heavy (non-hydrogen) atoms. The number of ketones is 1. The molecule has 0 aromatic carbocycles. The minimum absolute atomic E-state index is 0.183. The van der Waals surface area contributed by atoms with Crippen LogP contribution in [0.4, 0.5) is 0 Å². The summed E-state index contributed by atoms with van der Waals surface area (Å²) < 4.78 is 0. The quantitative estimate of drug-likeness (QED) is 0.718. The Hall–Kier alpha value is -1.39. The van der Waals surface area contributed by atoms with Crippen LogP contribution in [-0.4, -0.2) is 28.8 Å². The van der Waals surface area contributed by atoms with Crippen molar-refractivity contribution in [2.75, 3.05) is 0 Å². The van der Waals surface area contributed by atoms with E-state index in [4.69, 9.17) is 5.11 Å². The summed E-state index contributed by atoms with van der Waals surface area (Å²) in [6, 6.07) is -1.13. The number of amides is 1. The standard InChI is InChI=1S/C10H17NO4/c1-6(12)5-7(8(13)14)11-9(15)10(2,3)4/h7H,5H2,1-4H3,(H,11,15)(H,13,14). The van der Waals surface area contributed by atoms with Gasteiger partial charge in [-0.1, -0.05) is 20.8 Å². The summed E-state index contributed by atoms with van der Waals surface area (Å²) in [7, 11) is 0. The first kappa shape index (κ1) is 13.6. The zero-order valence-corrected chi connectivity index (χ0v) is 9.46. The Balaban J connectivity index is 4.50. The number of aliphatic carboxylic acids is 1. The van der Waals surface area contributed by atoms with Crippen LogP contribution < -0.4 is 5.32 Å². The second kappa shape index (κ2) is 4.91. The molecule has 0 aromatic rings. The summed E-state index contributed by atoms with van der Waals surface area (Å²) >= 11 is 0. The van der Waals surface area contributed by atoms with Gasteiger partial charge in [0.15, 0.2) is 0 Å². The summed E-state index contributed by atoms with van der Waals surface area (Å²) in [6.07, 6.45) is -0.183. The van der Waals surface area contributed by atoms with Crippen LogP contribution in [0.25, 0.3) is 0 Å². The van der Waals surface area contributed by atoms with E-state index in [0.29, 0.717) is 0 Å². The Bertz CT molecular complexity index is 278. The van der Waals surface area contributed by atoms with Gasteiger partial charge in [0.2, 0.25) is 5.91 Å². The van der Waals surface area contributed by atoms with E-state index in [1.165, 1.54) is 6.92 Å². The zero-order chi connectivity index (χ0) is 12.2. The van der Waals surface area contributed by atoms with Crippen molar-refractivity contribution in [3.05, 3.63) is 0 Å². The van der Waals surface area contributed by atoms with E-state index in [2.05, 4.69) is 5.32 Å². The molecule has 5 heteroatoms. The maximum Gasteiger partial charge on any atom is 0.326 e. The Morgan fingerprint density at radius 3 is 2.00 bits per heavy atom. The Morgan fingerprint density at radius 2 is 1.73 bits per heavy atom. The van der Waals surface area contributed by atoms with Crippen molar-refractivity contribution in [2.24, 2.45) is 5.41 Å². The molecule has 5 nitrogen and oxygen atoms in total. The number of hydrogen-bond donors (Lipinski definition) is 2. The minimum atomic E-state index is -1.19. The number of Topliss-reactive ketones (excluding diaryl/α,β-unsaturated/α-hetero) is 1. The number of rotatable bonds is 4. The normalized spacial score (nSPS) is 13.1. The first-order valence-electron chi connectivity index (χ1n) is 4.68. The van der Waals surface area contributed by atoms with Gasteiger partial charge in [-0.3, -0.25) is 9.59 Å². The van der Waals surface area contributed by atoms with Gasteiger partial charge in [0, 0.05) is 11.8 Å². The van der Waals surface area contributed by atoms with Crippen LogP contribution in [0.15, 0.2) is 0 Å². The fourth-order valence-electron chi connectivity index (χ4n) is 0.862. The summed E-state index contributed by atoms with van der Waals surface area (Å²) in [4.78, 5) is 33.0. The monoisotopic (exact) mass is 215 g/mol. The molecule has 0 bridgehead atoms. The zero-order valence-electron chi connectivity index (χ0n) is 9.46. The van der Waals surface area contributed by atoms with Gasteiger partial charge in [0.05, 0.1) is 0 Å². The lowest BCUT2D eigenvalue weighted by atomic mass is 9.95. The highest BCUT2D eigenvalue weighted by Gasteiger charge is 2.27. The molecule has 0 saturated carbocycles. The van der Waals surface area contributed by atoms with Crippen molar-refractivity contribution in [1.82, 2.24) is 5.32 Å². The molecule has 1 unspecified atom stereocenters. The Morgan fingerprint density at radius 1 is 1.27 bits per heavy atom. The van der Waals surface area contributed by atoms with Crippen LogP contribution in [0.1, 0.15) is 34.1 Å². The number of carboxylic acid groups (broad SMARTS) is 1. The predicted molar refractivity (Wildman–Crippen MR) is 54.3 cm³/mol. The van der Waals surface area contributed by atoms with Gasteiger partial charge in [-0.25, -0.2) is 4.79 Å². The topological polar surface area (TPSA) is 83.5 Å². The van der Waals surface area contributed by atoms with Crippen LogP contribution in [0.3, 0.4) is 0 Å². The molecule has 0 heterocycles. The lowest BCUT2D eigenvalue weighted by molar-refractivity contribution is -0.144. The molecule has 2 N–H and O–H groups in total. The molecule has 0 aromatic heterocycles. The largest absolute Gasteiger partial charge is 0.480 e. The van der Waals surface area contributed by atoms with Gasteiger partial charge in [-0.15, -0.1) is 0 Å². The molecule has 0 aliphatic heterocycles. The van der Waals surface area contributed by atoms with Gasteiger partial charge < -0.3 is 10.4 Å². The van der Waals surface area contributed by atoms with E-state index >= 15 is 0 Å². The van der Waals surface area contributed by atoms with Crippen molar-refractivity contribution in [3.8, 4) is 0 Å². The third-order valence-electron chi connectivity index (χ3n) is 1.78. The number of carboxylic acids is 1. The van der Waals surface area contributed by atoms with Gasteiger partial charge in [0.25, 0.3) is 0 Å². The van der Waals surface area contributed by atoms with Gasteiger partial charge in [-0.05, 0) is 6.92 Å². The summed E-state index contributed by atoms with van der Waals surface area (Å²) in [6.45, 7) is 6.32. The van der Waals surface area contributed by atoms with Gasteiger partial charge in [-0.2, -0.15) is 0 Å². The first-order valence-corrected chi connectivity index (χ1v) is 4.68. The molecular formula is C10H17NO4. The molecule has 0 aliphatic carbocycles. The maximum atomic E-state index is 11.5. The SMILES string of the molecule is CC(=O)CC(NC(=O)C(C)(C)C)C(=O)O. The van der Waals surface area contributed by atoms with Crippen LogP contribution in [0.5, 0.6) is 0 Å². The highest BCUT2D eigenvalue weighted by Crippen LogP contribution is 2.13. The molecule has 0 radical (unpaired) electrons. The highest BCUT2D eigenvalue weighted by atomic mass is 16.4. The molecular weight excluding hydrogens is 198 g/mol. The smallest absolute Gasteiger partial charge is 0.326 e. The summed E-state index contributed by atoms with van der Waals surface area (Å²) in [5.41, 5.74) is -0.662. The van der Waals surface area contributed by atoms with Crippen LogP contribution >= 0.6 is 0 Å². The second-order valence-electron chi connectivity index (χ2n) is 4.52. The van der Waals surface area contributed by atoms with Crippen molar-refractivity contribution < 1.29 is 19.5 Å². The molecule has 0 spiro atoms. The highest BCUT2D eigenvalue weighted by molar-refractivity contribution is 5.90. The number of hydrogen-bond acceptors (Lipinski definition) is 3. The first-order chi connectivity index (χ1) is 6.64. The minimum Gasteiger partial charge on any atom is -0.480 e. The van der Waals surface area contributed by atoms with E-state index in [1.54, 1.807) is 20.8 Å². The average Bonchev–Trinajstić information content (AvgIpc) is 1.99. The van der Waals surface area contributed by atoms with Crippen LogP contribution in [0, 0.1) is 5.41 Å². The average molecular weight is 215 g/mol. The predicted octanol–water partition coefficient (Wildman–Crippen LogP) is 0.581. The van der Waals surface area contributed by atoms with Crippen LogP contribution in [-0.2, 0) is 14.4 Å². The van der Waals surface area contributed by atoms with E-state index in [9.17, 15) is 14.4 Å². The number of carbonyl (C=O) groups excluding carboxylic acids is 2. The lowest BCUT2D eigenvalue weighted by Crippen LogP contribution is -2.46. The van der Waals surface area contributed by atoms with Crippen molar-refractivity contribution in [3.63, 3.8) is 0 Å². The fourth-order valence-corrected chi connectivity index (χ4v) is 0.862. The Labute approximate surface area is 88.9 Å². The molecule has 0 rings (SSSR count). The number of carbonyl (C=O) groups is 3. The molecule has 1 atom stereocenters. The van der Waals surface area contributed by atoms with Crippen molar-refractivity contribution in [1.29, 1.82) is 0 Å². The van der Waals surface area contributed by atoms with Gasteiger partial charge >= 0.3 is 5.97 Å². The van der Waals surface area contributed by atoms with E-state index in [0.717, 1.165) is 0 Å². The third-order valence-corrected chi connectivity index (χ3v) is 1.78. The van der Waals surface area contributed by atoms with Crippen molar-refractivity contribution >= 4 is 17.7 Å². The molecule has 0 aliphatic rings. The molecule has 1 amide bonds. The summed E-state index contributed by atoms with van der Waals surface area (Å²) in [5, 5.41) is 11.1. The maximum absolute atomic E-state index is 11.5. The molecule has 0 fully saturated rings. The fraction of sp³-hybridized carbons (Fsp3) is 0.700. The van der Waals surface area contributed by atoms with E-state index in [1.807, 2.05) is 0 Å². The second-order valence-corrected chi connectivity index (χ2v) is 4.52. The number of nitrogens with one attached hydrogen (secondary N) is 1. The van der Waals surface area contributed by atoms with Crippen molar-refractivity contribution in [2.45, 2.75) is 40.2 Å². The Kier molecular flexibility index (Phi) is 4.45. The third kappa shape index (κ3) is 5.15. The lowest BCUT2D eigenvalue weighted by Gasteiger charge is -2.21. The molecule has 86 valence electrons. The molecule has 0 saturated heterocycles.